The monoisotopic (exact) mass is 259 g/mol. The zero-order valence-electron chi connectivity index (χ0n) is 10.5. The molecule has 0 saturated carbocycles. The fraction of sp³-hybridized carbons (Fsp3) is 0.417. The molecule has 3 rings (SSSR count). The molecule has 2 amide bonds. The zero-order chi connectivity index (χ0) is 13.4. The quantitative estimate of drug-likeness (QED) is 0.756. The van der Waals surface area contributed by atoms with Gasteiger partial charge >= 0.3 is 0 Å². The van der Waals surface area contributed by atoms with E-state index in [2.05, 4.69) is 20.5 Å². The SMILES string of the molecule is CC1CN(C(=O)C2=NNC(=O)C2)Cc2cncnc21. The van der Waals surface area contributed by atoms with Gasteiger partial charge in [-0.05, 0) is 0 Å². The molecule has 2 aliphatic rings. The molecule has 1 unspecified atom stereocenters. The second kappa shape index (κ2) is 4.42. The highest BCUT2D eigenvalue weighted by atomic mass is 16.2. The van der Waals surface area contributed by atoms with E-state index >= 15 is 0 Å². The smallest absolute Gasteiger partial charge is 0.270 e. The molecule has 7 nitrogen and oxygen atoms in total. The van der Waals surface area contributed by atoms with Gasteiger partial charge in [0, 0.05) is 30.8 Å². The van der Waals surface area contributed by atoms with Crippen LogP contribution in [0.15, 0.2) is 17.6 Å². The summed E-state index contributed by atoms with van der Waals surface area (Å²) < 4.78 is 0. The lowest BCUT2D eigenvalue weighted by Crippen LogP contribution is -2.41. The average molecular weight is 259 g/mol. The van der Waals surface area contributed by atoms with E-state index in [-0.39, 0.29) is 29.9 Å². The average Bonchev–Trinajstić information content (AvgIpc) is 2.84. The summed E-state index contributed by atoms with van der Waals surface area (Å²) in [4.78, 5) is 33.3. The van der Waals surface area contributed by atoms with Gasteiger partial charge in [0.1, 0.15) is 12.0 Å². The van der Waals surface area contributed by atoms with Crippen LogP contribution in [0.4, 0.5) is 0 Å². The molecule has 3 heterocycles. The minimum atomic E-state index is -0.239. The Kier molecular flexibility index (Phi) is 2.73. The largest absolute Gasteiger partial charge is 0.332 e. The van der Waals surface area contributed by atoms with Gasteiger partial charge in [-0.15, -0.1) is 0 Å². The maximum Gasteiger partial charge on any atom is 0.270 e. The maximum absolute atomic E-state index is 12.3. The Morgan fingerprint density at radius 1 is 1.53 bits per heavy atom. The molecule has 0 bridgehead atoms. The molecule has 0 fully saturated rings. The van der Waals surface area contributed by atoms with Gasteiger partial charge in [0.05, 0.1) is 12.1 Å². The molecule has 1 aromatic heterocycles. The Labute approximate surface area is 109 Å². The molecule has 0 aliphatic carbocycles. The normalized spacial score (nSPS) is 21.7. The lowest BCUT2D eigenvalue weighted by atomic mass is 9.97. The van der Waals surface area contributed by atoms with Crippen LogP contribution >= 0.6 is 0 Å². The van der Waals surface area contributed by atoms with Crippen LogP contribution in [0.5, 0.6) is 0 Å². The Hall–Kier alpha value is -2.31. The van der Waals surface area contributed by atoms with Crippen molar-refractivity contribution in [3.05, 3.63) is 23.8 Å². The van der Waals surface area contributed by atoms with Gasteiger partial charge in [0.2, 0.25) is 5.91 Å². The number of nitrogens with zero attached hydrogens (tertiary/aromatic N) is 4. The van der Waals surface area contributed by atoms with Crippen molar-refractivity contribution in [2.75, 3.05) is 6.54 Å². The van der Waals surface area contributed by atoms with E-state index in [1.165, 1.54) is 6.33 Å². The van der Waals surface area contributed by atoms with Crippen LogP contribution in [-0.4, -0.2) is 38.9 Å². The number of aromatic nitrogens is 2. The first-order valence-corrected chi connectivity index (χ1v) is 6.08. The van der Waals surface area contributed by atoms with Crippen LogP contribution in [-0.2, 0) is 16.1 Å². The summed E-state index contributed by atoms with van der Waals surface area (Å²) in [5.41, 5.74) is 4.51. The number of amides is 2. The fourth-order valence-electron chi connectivity index (χ4n) is 2.44. The molecular weight excluding hydrogens is 246 g/mol. The lowest BCUT2D eigenvalue weighted by Gasteiger charge is -2.31. The second-order valence-electron chi connectivity index (χ2n) is 4.79. The van der Waals surface area contributed by atoms with Crippen LogP contribution in [0.3, 0.4) is 0 Å². The van der Waals surface area contributed by atoms with Crippen LogP contribution < -0.4 is 5.43 Å². The van der Waals surface area contributed by atoms with Crippen molar-refractivity contribution in [2.45, 2.75) is 25.8 Å². The van der Waals surface area contributed by atoms with Crippen LogP contribution in [0, 0.1) is 0 Å². The highest BCUT2D eigenvalue weighted by molar-refractivity contribution is 6.43. The van der Waals surface area contributed by atoms with E-state index in [0.29, 0.717) is 13.1 Å². The van der Waals surface area contributed by atoms with Crippen molar-refractivity contribution in [2.24, 2.45) is 5.10 Å². The lowest BCUT2D eigenvalue weighted by molar-refractivity contribution is -0.126. The molecule has 19 heavy (non-hydrogen) atoms. The van der Waals surface area contributed by atoms with Crippen molar-refractivity contribution in [1.82, 2.24) is 20.3 Å². The van der Waals surface area contributed by atoms with Crippen LogP contribution in [0.25, 0.3) is 0 Å². The summed E-state index contributed by atoms with van der Waals surface area (Å²) in [6.07, 6.45) is 3.32. The van der Waals surface area contributed by atoms with Gasteiger partial charge in [-0.1, -0.05) is 6.92 Å². The Balaban J connectivity index is 1.82. The second-order valence-corrected chi connectivity index (χ2v) is 4.79. The van der Waals surface area contributed by atoms with Crippen molar-refractivity contribution >= 4 is 17.5 Å². The third-order valence-electron chi connectivity index (χ3n) is 3.32. The summed E-state index contributed by atoms with van der Waals surface area (Å²) >= 11 is 0. The molecule has 2 aliphatic heterocycles. The summed E-state index contributed by atoms with van der Waals surface area (Å²) in [6.45, 7) is 3.06. The summed E-state index contributed by atoms with van der Waals surface area (Å²) in [6, 6.07) is 0. The van der Waals surface area contributed by atoms with E-state index in [1.807, 2.05) is 6.92 Å². The highest BCUT2D eigenvalue weighted by Gasteiger charge is 2.31. The van der Waals surface area contributed by atoms with E-state index in [4.69, 9.17) is 0 Å². The minimum absolute atomic E-state index is 0.0574. The van der Waals surface area contributed by atoms with Crippen molar-refractivity contribution in [3.8, 4) is 0 Å². The number of nitrogens with one attached hydrogen (secondary N) is 1. The molecule has 98 valence electrons. The molecule has 1 N–H and O–H groups in total. The molecule has 1 aromatic rings. The predicted octanol–water partition coefficient (Wildman–Crippen LogP) is -0.202. The molecule has 0 spiro atoms. The van der Waals surface area contributed by atoms with E-state index in [1.54, 1.807) is 11.1 Å². The van der Waals surface area contributed by atoms with Crippen molar-refractivity contribution in [1.29, 1.82) is 0 Å². The number of fused-ring (bicyclic) bond motifs is 1. The number of carbonyl (C=O) groups excluding carboxylic acids is 2. The van der Waals surface area contributed by atoms with Gasteiger partial charge < -0.3 is 4.90 Å². The van der Waals surface area contributed by atoms with Gasteiger partial charge in [-0.2, -0.15) is 5.10 Å². The molecular formula is C12H13N5O2. The zero-order valence-corrected chi connectivity index (χ0v) is 10.5. The fourth-order valence-corrected chi connectivity index (χ4v) is 2.44. The van der Waals surface area contributed by atoms with Crippen LogP contribution in [0.2, 0.25) is 0 Å². The Morgan fingerprint density at radius 3 is 3.11 bits per heavy atom. The Morgan fingerprint density at radius 2 is 2.37 bits per heavy atom. The number of hydrogen-bond donors (Lipinski definition) is 1. The maximum atomic E-state index is 12.3. The first kappa shape index (κ1) is 11.8. The molecule has 7 heteroatoms. The van der Waals surface area contributed by atoms with Crippen molar-refractivity contribution in [3.63, 3.8) is 0 Å². The summed E-state index contributed by atoms with van der Waals surface area (Å²) in [5.74, 6) is -0.279. The van der Waals surface area contributed by atoms with Gasteiger partial charge in [0.15, 0.2) is 0 Å². The van der Waals surface area contributed by atoms with E-state index < -0.39 is 0 Å². The van der Waals surface area contributed by atoms with Gasteiger partial charge in [-0.3, -0.25) is 9.59 Å². The molecule has 0 aromatic carbocycles. The molecule has 0 radical (unpaired) electrons. The standard InChI is InChI=1S/C12H13N5O2/c1-7-4-17(5-8-3-13-6-14-11(7)8)12(19)9-2-10(18)16-15-9/h3,6-7H,2,4-5H2,1H3,(H,16,18). The number of carbonyl (C=O) groups is 2. The summed E-state index contributed by atoms with van der Waals surface area (Å²) in [7, 11) is 0. The number of hydrogen-bond acceptors (Lipinski definition) is 5. The predicted molar refractivity (Wildman–Crippen MR) is 66.1 cm³/mol. The topological polar surface area (TPSA) is 87.5 Å². The van der Waals surface area contributed by atoms with Gasteiger partial charge in [-0.25, -0.2) is 15.4 Å². The minimum Gasteiger partial charge on any atom is -0.332 e. The van der Waals surface area contributed by atoms with E-state index in [9.17, 15) is 9.59 Å². The third-order valence-corrected chi connectivity index (χ3v) is 3.32. The first-order valence-electron chi connectivity index (χ1n) is 6.08. The Bertz CT molecular complexity index is 583. The van der Waals surface area contributed by atoms with Crippen molar-refractivity contribution < 1.29 is 9.59 Å². The van der Waals surface area contributed by atoms with Gasteiger partial charge in [0.25, 0.3) is 5.91 Å². The first-order chi connectivity index (χ1) is 9.15. The molecule has 1 atom stereocenters. The molecule has 0 saturated heterocycles. The number of hydrazone groups is 1. The number of rotatable bonds is 1. The van der Waals surface area contributed by atoms with E-state index in [0.717, 1.165) is 11.3 Å². The van der Waals surface area contributed by atoms with Crippen LogP contribution in [0.1, 0.15) is 30.5 Å². The third kappa shape index (κ3) is 2.07. The summed E-state index contributed by atoms with van der Waals surface area (Å²) in [5, 5.41) is 3.77. The highest BCUT2D eigenvalue weighted by Crippen LogP contribution is 2.25.